The number of methoxy groups -OCH3 is 1. The first-order chi connectivity index (χ1) is 6.19. The van der Waals surface area contributed by atoms with Gasteiger partial charge in [-0.05, 0) is 24.6 Å². The van der Waals surface area contributed by atoms with Crippen LogP contribution < -0.4 is 10.2 Å². The molecule has 0 unspecified atom stereocenters. The van der Waals surface area contributed by atoms with E-state index < -0.39 is 0 Å². The van der Waals surface area contributed by atoms with Gasteiger partial charge in [0.05, 0.1) is 13.2 Å². The van der Waals surface area contributed by atoms with E-state index in [0.29, 0.717) is 5.75 Å². The van der Waals surface area contributed by atoms with Gasteiger partial charge in [-0.3, -0.25) is 0 Å². The largest absolute Gasteiger partial charge is 0.504 e. The maximum atomic E-state index is 9.40. The van der Waals surface area contributed by atoms with Gasteiger partial charge < -0.3 is 15.1 Å². The summed E-state index contributed by atoms with van der Waals surface area (Å²) in [6, 6.07) is 4.76. The average Bonchev–Trinajstić information content (AvgIpc) is 2.16. The van der Waals surface area contributed by atoms with Gasteiger partial charge in [0.1, 0.15) is 0 Å². The van der Waals surface area contributed by atoms with E-state index in [1.165, 1.54) is 7.11 Å². The van der Waals surface area contributed by atoms with Crippen LogP contribution in [0, 0.1) is 0 Å². The van der Waals surface area contributed by atoms with Crippen molar-refractivity contribution in [3.63, 3.8) is 0 Å². The predicted molar refractivity (Wildman–Crippen MR) is 48.0 cm³/mol. The van der Waals surface area contributed by atoms with Crippen molar-refractivity contribution in [2.75, 3.05) is 7.11 Å². The molecule has 0 spiro atoms. The Morgan fingerprint density at radius 3 is 2.62 bits per heavy atom. The molecule has 0 bridgehead atoms. The van der Waals surface area contributed by atoms with E-state index >= 15 is 0 Å². The summed E-state index contributed by atoms with van der Waals surface area (Å²) in [5.41, 5.74) is 2.89. The molecule has 0 fully saturated rings. The highest BCUT2D eigenvalue weighted by Crippen LogP contribution is 2.28. The fourth-order valence-electron chi connectivity index (χ4n) is 1.05. The molecule has 0 aliphatic carbocycles. The Morgan fingerprint density at radius 2 is 2.15 bits per heavy atom. The molecule has 0 saturated carbocycles. The first kappa shape index (κ1) is 9.83. The maximum Gasteiger partial charge on any atom is 0.160 e. The molecule has 0 radical (unpaired) electrons. The van der Waals surface area contributed by atoms with Crippen LogP contribution in [-0.4, -0.2) is 17.4 Å². The second-order valence-electron chi connectivity index (χ2n) is 2.78. The molecule has 0 aromatic heterocycles. The molecule has 4 heteroatoms. The summed E-state index contributed by atoms with van der Waals surface area (Å²) < 4.78 is 4.88. The minimum Gasteiger partial charge on any atom is -0.504 e. The number of phenols is 1. The molecule has 0 amide bonds. The van der Waals surface area contributed by atoms with Crippen molar-refractivity contribution in [3.05, 3.63) is 23.8 Å². The zero-order valence-electron chi connectivity index (χ0n) is 7.61. The van der Waals surface area contributed by atoms with Crippen molar-refractivity contribution in [1.82, 2.24) is 5.48 Å². The number of rotatable bonds is 3. The van der Waals surface area contributed by atoms with Crippen LogP contribution in [0.25, 0.3) is 0 Å². The Balaban J connectivity index is 2.95. The zero-order valence-corrected chi connectivity index (χ0v) is 7.61. The van der Waals surface area contributed by atoms with E-state index in [2.05, 4.69) is 5.48 Å². The second-order valence-corrected chi connectivity index (χ2v) is 2.78. The Hall–Kier alpha value is -1.26. The molecular weight excluding hydrogens is 170 g/mol. The molecule has 1 rings (SSSR count). The van der Waals surface area contributed by atoms with Crippen LogP contribution in [0.1, 0.15) is 18.5 Å². The summed E-state index contributed by atoms with van der Waals surface area (Å²) in [5.74, 6) is 0.496. The molecule has 1 aromatic carbocycles. The molecule has 1 aromatic rings. The molecular formula is C9H13NO3. The summed E-state index contributed by atoms with van der Waals surface area (Å²) in [5, 5.41) is 18.0. The van der Waals surface area contributed by atoms with Crippen LogP contribution in [0.5, 0.6) is 11.5 Å². The summed E-state index contributed by atoms with van der Waals surface area (Å²) in [6.07, 6.45) is 0. The Morgan fingerprint density at radius 1 is 1.46 bits per heavy atom. The van der Waals surface area contributed by atoms with Crippen molar-refractivity contribution in [1.29, 1.82) is 0 Å². The minimum atomic E-state index is -0.211. The van der Waals surface area contributed by atoms with Crippen molar-refractivity contribution < 1.29 is 15.1 Å². The molecule has 0 aliphatic heterocycles. The third kappa shape index (κ3) is 2.11. The SMILES string of the molecule is COc1ccc([C@H](C)NO)cc1O. The first-order valence-corrected chi connectivity index (χ1v) is 3.95. The van der Waals surface area contributed by atoms with Crippen LogP contribution in [0.3, 0.4) is 0 Å². The number of phenolic OH excluding ortho intramolecular Hbond substituents is 1. The van der Waals surface area contributed by atoms with Crippen LogP contribution in [0.4, 0.5) is 0 Å². The minimum absolute atomic E-state index is 0.0714. The van der Waals surface area contributed by atoms with Gasteiger partial charge in [0.2, 0.25) is 0 Å². The zero-order chi connectivity index (χ0) is 9.84. The highest BCUT2D eigenvalue weighted by Gasteiger charge is 2.07. The van der Waals surface area contributed by atoms with Crippen molar-refractivity contribution in [3.8, 4) is 11.5 Å². The predicted octanol–water partition coefficient (Wildman–Crippen LogP) is 1.44. The van der Waals surface area contributed by atoms with Gasteiger partial charge >= 0.3 is 0 Å². The molecule has 72 valence electrons. The highest BCUT2D eigenvalue weighted by atomic mass is 16.5. The van der Waals surface area contributed by atoms with E-state index in [1.54, 1.807) is 25.1 Å². The number of hydrogen-bond donors (Lipinski definition) is 3. The molecule has 0 aliphatic rings. The van der Waals surface area contributed by atoms with Crippen LogP contribution in [-0.2, 0) is 0 Å². The van der Waals surface area contributed by atoms with E-state index in [4.69, 9.17) is 9.94 Å². The van der Waals surface area contributed by atoms with Gasteiger partial charge in [-0.1, -0.05) is 6.07 Å². The monoisotopic (exact) mass is 183 g/mol. The van der Waals surface area contributed by atoms with Gasteiger partial charge in [0.15, 0.2) is 11.5 Å². The van der Waals surface area contributed by atoms with Crippen molar-refractivity contribution >= 4 is 0 Å². The van der Waals surface area contributed by atoms with E-state index in [0.717, 1.165) is 5.56 Å². The number of aromatic hydroxyl groups is 1. The maximum absolute atomic E-state index is 9.40. The molecule has 13 heavy (non-hydrogen) atoms. The summed E-state index contributed by atoms with van der Waals surface area (Å²) in [6.45, 7) is 1.78. The smallest absolute Gasteiger partial charge is 0.160 e. The average molecular weight is 183 g/mol. The summed E-state index contributed by atoms with van der Waals surface area (Å²) in [4.78, 5) is 0. The number of hydroxylamine groups is 1. The van der Waals surface area contributed by atoms with Crippen molar-refractivity contribution in [2.45, 2.75) is 13.0 Å². The molecule has 4 nitrogen and oxygen atoms in total. The summed E-state index contributed by atoms with van der Waals surface area (Å²) >= 11 is 0. The van der Waals surface area contributed by atoms with E-state index in [-0.39, 0.29) is 11.8 Å². The first-order valence-electron chi connectivity index (χ1n) is 3.95. The quantitative estimate of drug-likeness (QED) is 0.620. The third-order valence-corrected chi connectivity index (χ3v) is 1.90. The van der Waals surface area contributed by atoms with Crippen LogP contribution in [0.15, 0.2) is 18.2 Å². The van der Waals surface area contributed by atoms with Gasteiger partial charge in [-0.15, -0.1) is 0 Å². The van der Waals surface area contributed by atoms with Gasteiger partial charge in [0.25, 0.3) is 0 Å². The fourth-order valence-corrected chi connectivity index (χ4v) is 1.05. The molecule has 1 atom stereocenters. The third-order valence-electron chi connectivity index (χ3n) is 1.90. The summed E-state index contributed by atoms with van der Waals surface area (Å²) in [7, 11) is 1.49. The number of ether oxygens (including phenoxy) is 1. The number of benzene rings is 1. The lowest BCUT2D eigenvalue weighted by atomic mass is 10.1. The van der Waals surface area contributed by atoms with Crippen molar-refractivity contribution in [2.24, 2.45) is 0 Å². The number of nitrogens with one attached hydrogen (secondary N) is 1. The normalized spacial score (nSPS) is 12.5. The van der Waals surface area contributed by atoms with E-state index in [9.17, 15) is 5.11 Å². The molecule has 3 N–H and O–H groups in total. The topological polar surface area (TPSA) is 61.7 Å². The molecule has 0 saturated heterocycles. The Bertz CT molecular complexity index is 288. The lowest BCUT2D eigenvalue weighted by molar-refractivity contribution is 0.133. The lowest BCUT2D eigenvalue weighted by Gasteiger charge is -2.11. The highest BCUT2D eigenvalue weighted by molar-refractivity contribution is 5.42. The lowest BCUT2D eigenvalue weighted by Crippen LogP contribution is -2.12. The molecule has 0 heterocycles. The van der Waals surface area contributed by atoms with E-state index in [1.807, 2.05) is 0 Å². The Labute approximate surface area is 76.7 Å². The fraction of sp³-hybridized carbons (Fsp3) is 0.333. The van der Waals surface area contributed by atoms with Crippen LogP contribution >= 0.6 is 0 Å². The Kier molecular flexibility index (Phi) is 3.11. The van der Waals surface area contributed by atoms with Gasteiger partial charge in [0, 0.05) is 0 Å². The van der Waals surface area contributed by atoms with Crippen LogP contribution in [0.2, 0.25) is 0 Å². The second kappa shape index (κ2) is 4.11. The standard InChI is InChI=1S/C9H13NO3/c1-6(10-12)7-3-4-9(13-2)8(11)5-7/h3-6,10-12H,1-2H3/t6-/m0/s1. The van der Waals surface area contributed by atoms with Gasteiger partial charge in [-0.25, -0.2) is 0 Å². The van der Waals surface area contributed by atoms with Gasteiger partial charge in [-0.2, -0.15) is 5.48 Å². The number of hydrogen-bond acceptors (Lipinski definition) is 4.